The third-order valence-electron chi connectivity index (χ3n) is 14.0. The van der Waals surface area contributed by atoms with Crippen molar-refractivity contribution < 1.29 is 4.42 Å². The minimum absolute atomic E-state index is 0.683. The third kappa shape index (κ3) is 6.60. The highest BCUT2D eigenvalue weighted by Crippen LogP contribution is 2.45. The summed E-state index contributed by atoms with van der Waals surface area (Å²) in [7, 11) is 0. The highest BCUT2D eigenvalue weighted by molar-refractivity contribution is 6.11. The maximum Gasteiger partial charge on any atom is 0.160 e. The zero-order valence-electron chi connectivity index (χ0n) is 37.5. The second kappa shape index (κ2) is 15.8. The van der Waals surface area contributed by atoms with Crippen LogP contribution in [0.2, 0.25) is 0 Å². The van der Waals surface area contributed by atoms with Gasteiger partial charge in [-0.3, -0.25) is 0 Å². The van der Waals surface area contributed by atoms with Gasteiger partial charge in [-0.15, -0.1) is 0 Å². The summed E-state index contributed by atoms with van der Waals surface area (Å²) < 4.78 is 8.65. The van der Waals surface area contributed by atoms with Crippen LogP contribution in [0.25, 0.3) is 128 Å². The van der Waals surface area contributed by atoms with Crippen molar-refractivity contribution >= 4 is 43.7 Å². The molecule has 0 radical (unpaired) electrons. The van der Waals surface area contributed by atoms with E-state index in [1.54, 1.807) is 0 Å². The Hall–Kier alpha value is -9.12. The molecule has 0 spiro atoms. The highest BCUT2D eigenvalue weighted by atomic mass is 16.3. The molecule has 1 aliphatic carbocycles. The molecule has 69 heavy (non-hydrogen) atoms. The highest BCUT2D eigenvalue weighted by Gasteiger charge is 2.24. The zero-order valence-corrected chi connectivity index (χ0v) is 37.5. The lowest BCUT2D eigenvalue weighted by atomic mass is 9.92. The van der Waals surface area contributed by atoms with Crippen molar-refractivity contribution in [3.63, 3.8) is 0 Å². The lowest BCUT2D eigenvalue weighted by molar-refractivity contribution is 0.669. The number of aromatic nitrogens is 3. The standard InChI is InChI=1S/C65H41N3O/c1-3-14-41(15-4-1)42-26-28-43(29-27-42)58-40-59(67-65(66-58)44-16-5-2-6-17-44)50-35-49(53-23-13-19-48-34-47-18-7-8-20-52(47)64(48)53)36-51(37-50)68-60-24-11-9-21-54(60)56-38-45(30-32-61(56)68)46-31-33-63-57(39-46)55-22-10-12-25-62(55)69-63/h1-33,35-40H,34H2. The van der Waals surface area contributed by atoms with Gasteiger partial charge in [0.15, 0.2) is 5.82 Å². The van der Waals surface area contributed by atoms with Crippen LogP contribution in [0.15, 0.2) is 241 Å². The van der Waals surface area contributed by atoms with E-state index >= 15 is 0 Å². The first-order valence-corrected chi connectivity index (χ1v) is 23.6. The van der Waals surface area contributed by atoms with Crippen molar-refractivity contribution in [2.24, 2.45) is 0 Å². The van der Waals surface area contributed by atoms with Gasteiger partial charge in [0.25, 0.3) is 0 Å². The number of nitrogens with zero attached hydrogens (tertiary/aromatic N) is 3. The Labute approximate surface area is 399 Å². The molecule has 322 valence electrons. The molecule has 4 heteroatoms. The Morgan fingerprint density at radius 1 is 0.333 bits per heavy atom. The molecule has 0 saturated heterocycles. The second-order valence-corrected chi connectivity index (χ2v) is 18.1. The fourth-order valence-electron chi connectivity index (χ4n) is 10.7. The van der Waals surface area contributed by atoms with Gasteiger partial charge in [-0.25, -0.2) is 9.97 Å². The van der Waals surface area contributed by atoms with Gasteiger partial charge in [0.2, 0.25) is 0 Å². The van der Waals surface area contributed by atoms with Crippen molar-refractivity contribution in [1.82, 2.24) is 14.5 Å². The van der Waals surface area contributed by atoms with Crippen LogP contribution < -0.4 is 0 Å². The monoisotopic (exact) mass is 879 g/mol. The molecular weight excluding hydrogens is 839 g/mol. The Morgan fingerprint density at radius 2 is 0.913 bits per heavy atom. The number of hydrogen-bond acceptors (Lipinski definition) is 3. The van der Waals surface area contributed by atoms with E-state index in [1.807, 2.05) is 18.2 Å². The first-order chi connectivity index (χ1) is 34.2. The molecule has 0 aliphatic heterocycles. The molecule has 1 aliphatic rings. The number of fused-ring (bicyclic) bond motifs is 9. The minimum Gasteiger partial charge on any atom is -0.456 e. The van der Waals surface area contributed by atoms with E-state index in [1.165, 1.54) is 44.2 Å². The molecule has 0 unspecified atom stereocenters. The molecule has 0 fully saturated rings. The molecule has 4 nitrogen and oxygen atoms in total. The minimum atomic E-state index is 0.683. The van der Waals surface area contributed by atoms with E-state index in [0.29, 0.717) is 5.82 Å². The van der Waals surface area contributed by atoms with Crippen LogP contribution in [0.1, 0.15) is 11.1 Å². The predicted octanol–water partition coefficient (Wildman–Crippen LogP) is 17.0. The predicted molar refractivity (Wildman–Crippen MR) is 285 cm³/mol. The normalized spacial score (nSPS) is 12.0. The molecule has 14 rings (SSSR count). The van der Waals surface area contributed by atoms with Gasteiger partial charge in [0, 0.05) is 43.9 Å². The van der Waals surface area contributed by atoms with Crippen molar-refractivity contribution in [2.75, 3.05) is 0 Å². The van der Waals surface area contributed by atoms with Gasteiger partial charge in [-0.2, -0.15) is 0 Å². The molecule has 0 N–H and O–H groups in total. The number of furan rings is 1. The summed E-state index contributed by atoms with van der Waals surface area (Å²) in [5.74, 6) is 0.683. The quantitative estimate of drug-likeness (QED) is 0.160. The summed E-state index contributed by atoms with van der Waals surface area (Å²) in [5, 5.41) is 4.64. The molecule has 3 aromatic heterocycles. The molecule has 0 bridgehead atoms. The van der Waals surface area contributed by atoms with Crippen LogP contribution in [-0.4, -0.2) is 14.5 Å². The van der Waals surface area contributed by atoms with Crippen LogP contribution in [0.3, 0.4) is 0 Å². The average Bonchev–Trinajstić information content (AvgIpc) is 4.10. The van der Waals surface area contributed by atoms with Gasteiger partial charge in [0.1, 0.15) is 11.2 Å². The van der Waals surface area contributed by atoms with E-state index in [4.69, 9.17) is 14.4 Å². The number of rotatable bonds is 7. The molecule has 0 atom stereocenters. The fraction of sp³-hybridized carbons (Fsp3) is 0.0154. The van der Waals surface area contributed by atoms with Gasteiger partial charge in [-0.05, 0) is 123 Å². The number of hydrogen-bond donors (Lipinski definition) is 0. The smallest absolute Gasteiger partial charge is 0.160 e. The van der Waals surface area contributed by atoms with E-state index in [0.717, 1.165) is 95.4 Å². The lowest BCUT2D eigenvalue weighted by Crippen LogP contribution is -1.99. The van der Waals surface area contributed by atoms with Crippen molar-refractivity contribution in [2.45, 2.75) is 6.42 Å². The van der Waals surface area contributed by atoms with E-state index < -0.39 is 0 Å². The summed E-state index contributed by atoms with van der Waals surface area (Å²) in [5.41, 5.74) is 22.2. The molecule has 0 amide bonds. The van der Waals surface area contributed by atoms with Crippen LogP contribution in [0.5, 0.6) is 0 Å². The lowest BCUT2D eigenvalue weighted by Gasteiger charge is -2.17. The van der Waals surface area contributed by atoms with Gasteiger partial charge in [0.05, 0.1) is 22.4 Å². The SMILES string of the molecule is c1ccc(-c2ccc(-c3cc(-c4cc(-c5cccc6c5-c5ccccc5C6)cc(-n5c6ccccc6c6cc(-c7ccc8oc9ccccc9c8c7)ccc65)c4)nc(-c4ccccc4)n3)cc2)cc1. The maximum absolute atomic E-state index is 6.21. The summed E-state index contributed by atoms with van der Waals surface area (Å²) in [6, 6.07) is 84.9. The second-order valence-electron chi connectivity index (χ2n) is 18.1. The zero-order chi connectivity index (χ0) is 45.4. The van der Waals surface area contributed by atoms with Gasteiger partial charge < -0.3 is 8.98 Å². The molecule has 10 aromatic carbocycles. The van der Waals surface area contributed by atoms with E-state index in [9.17, 15) is 0 Å². The van der Waals surface area contributed by atoms with E-state index in [-0.39, 0.29) is 0 Å². The van der Waals surface area contributed by atoms with Crippen molar-refractivity contribution in [1.29, 1.82) is 0 Å². The molecular formula is C65H41N3O. The summed E-state index contributed by atoms with van der Waals surface area (Å²) in [6.45, 7) is 0. The first-order valence-electron chi connectivity index (χ1n) is 23.6. The number of benzene rings is 10. The van der Waals surface area contributed by atoms with Crippen molar-refractivity contribution in [3.8, 4) is 84.1 Å². The Balaban J connectivity index is 0.987. The van der Waals surface area contributed by atoms with Gasteiger partial charge in [-0.1, -0.05) is 176 Å². The average molecular weight is 880 g/mol. The van der Waals surface area contributed by atoms with Crippen LogP contribution in [-0.2, 0) is 6.42 Å². The summed E-state index contributed by atoms with van der Waals surface area (Å²) in [6.07, 6.45) is 0.920. The Morgan fingerprint density at radius 3 is 1.75 bits per heavy atom. The van der Waals surface area contributed by atoms with Crippen LogP contribution in [0.4, 0.5) is 0 Å². The molecule has 0 saturated carbocycles. The topological polar surface area (TPSA) is 43.9 Å². The van der Waals surface area contributed by atoms with E-state index in [2.05, 4.69) is 223 Å². The number of para-hydroxylation sites is 2. The molecule has 13 aromatic rings. The fourth-order valence-corrected chi connectivity index (χ4v) is 10.7. The summed E-state index contributed by atoms with van der Waals surface area (Å²) >= 11 is 0. The third-order valence-corrected chi connectivity index (χ3v) is 14.0. The van der Waals surface area contributed by atoms with Crippen LogP contribution in [0, 0.1) is 0 Å². The Kier molecular flexibility index (Phi) is 8.93. The van der Waals surface area contributed by atoms with Gasteiger partial charge >= 0.3 is 0 Å². The first kappa shape index (κ1) is 39.1. The summed E-state index contributed by atoms with van der Waals surface area (Å²) in [4.78, 5) is 10.7. The largest absolute Gasteiger partial charge is 0.456 e. The van der Waals surface area contributed by atoms with Crippen LogP contribution >= 0.6 is 0 Å². The Bertz CT molecular complexity index is 4150. The maximum atomic E-state index is 6.21. The van der Waals surface area contributed by atoms with Crippen molar-refractivity contribution in [3.05, 3.63) is 248 Å². The molecule has 3 heterocycles.